The van der Waals surface area contributed by atoms with E-state index in [4.69, 9.17) is 4.42 Å². The molecule has 1 atom stereocenters. The monoisotopic (exact) mass is 281 g/mol. The number of fused-ring (bicyclic) bond motifs is 1. The van der Waals surface area contributed by atoms with Gasteiger partial charge in [0.2, 0.25) is 5.91 Å². The van der Waals surface area contributed by atoms with Gasteiger partial charge in [0.1, 0.15) is 17.1 Å². The van der Waals surface area contributed by atoms with E-state index in [1.165, 1.54) is 0 Å². The van der Waals surface area contributed by atoms with Gasteiger partial charge in [0.25, 0.3) is 0 Å². The number of hydrogen-bond acceptors (Lipinski definition) is 4. The highest BCUT2D eigenvalue weighted by Crippen LogP contribution is 2.23. The summed E-state index contributed by atoms with van der Waals surface area (Å²) in [7, 11) is -3.32. The fourth-order valence-corrected chi connectivity index (χ4v) is 2.37. The van der Waals surface area contributed by atoms with E-state index in [-0.39, 0.29) is 6.04 Å². The molecule has 0 aliphatic heterocycles. The van der Waals surface area contributed by atoms with Crippen molar-refractivity contribution in [2.24, 2.45) is 0 Å². The Kier molecular flexibility index (Phi) is 3.61. The van der Waals surface area contributed by atoms with Crippen LogP contribution >= 0.6 is 0 Å². The van der Waals surface area contributed by atoms with Crippen LogP contribution in [0.4, 0.5) is 0 Å². The lowest BCUT2D eigenvalue weighted by molar-refractivity contribution is -0.119. The zero-order valence-electron chi connectivity index (χ0n) is 10.7. The van der Waals surface area contributed by atoms with E-state index < -0.39 is 21.5 Å². The van der Waals surface area contributed by atoms with Gasteiger partial charge in [-0.1, -0.05) is 18.2 Å². The molecule has 0 spiro atoms. The number of nitrogens with one attached hydrogen (secondary N) is 1. The molecule has 19 heavy (non-hydrogen) atoms. The molecule has 1 N–H and O–H groups in total. The second kappa shape index (κ2) is 5.05. The highest BCUT2D eigenvalue weighted by Gasteiger charge is 2.17. The zero-order valence-corrected chi connectivity index (χ0v) is 11.5. The molecule has 1 aromatic heterocycles. The van der Waals surface area contributed by atoms with Gasteiger partial charge < -0.3 is 9.73 Å². The van der Waals surface area contributed by atoms with Crippen molar-refractivity contribution in [3.63, 3.8) is 0 Å². The largest absolute Gasteiger partial charge is 0.459 e. The topological polar surface area (TPSA) is 76.4 Å². The van der Waals surface area contributed by atoms with Crippen molar-refractivity contribution in [1.82, 2.24) is 5.32 Å². The van der Waals surface area contributed by atoms with Crippen LogP contribution in [0.15, 0.2) is 34.7 Å². The number of furan rings is 1. The average Bonchev–Trinajstić information content (AvgIpc) is 2.69. The van der Waals surface area contributed by atoms with Crippen LogP contribution in [-0.4, -0.2) is 26.3 Å². The molecular weight excluding hydrogens is 266 g/mol. The molecule has 0 bridgehead atoms. The third-order valence-electron chi connectivity index (χ3n) is 2.64. The molecule has 2 aromatic rings. The molecule has 0 unspecified atom stereocenters. The molecule has 5 nitrogen and oxygen atoms in total. The maximum Gasteiger partial charge on any atom is 0.235 e. The van der Waals surface area contributed by atoms with Crippen LogP contribution in [0.25, 0.3) is 11.0 Å². The fraction of sp³-hybridized carbons (Fsp3) is 0.308. The molecule has 102 valence electrons. The van der Waals surface area contributed by atoms with E-state index in [1.54, 1.807) is 6.92 Å². The third-order valence-corrected chi connectivity index (χ3v) is 3.43. The van der Waals surface area contributed by atoms with Crippen molar-refractivity contribution in [2.45, 2.75) is 13.0 Å². The van der Waals surface area contributed by atoms with Gasteiger partial charge in [-0.15, -0.1) is 0 Å². The van der Waals surface area contributed by atoms with Crippen LogP contribution in [-0.2, 0) is 14.6 Å². The SMILES string of the molecule is C[C@@H](NC(=O)CS(C)(=O)=O)c1cc2ccccc2o1. The molecule has 0 aliphatic rings. The number of hydrogen-bond donors (Lipinski definition) is 1. The Bertz CT molecular complexity index is 669. The van der Waals surface area contributed by atoms with Gasteiger partial charge >= 0.3 is 0 Å². The Hall–Kier alpha value is -1.82. The summed E-state index contributed by atoms with van der Waals surface area (Å²) in [5.41, 5.74) is 0.738. The summed E-state index contributed by atoms with van der Waals surface area (Å²) in [6.45, 7) is 1.75. The first kappa shape index (κ1) is 13.6. The lowest BCUT2D eigenvalue weighted by Crippen LogP contribution is -2.31. The lowest BCUT2D eigenvalue weighted by atomic mass is 10.2. The third kappa shape index (κ3) is 3.57. The van der Waals surface area contributed by atoms with E-state index in [0.29, 0.717) is 5.76 Å². The Balaban J connectivity index is 2.11. The van der Waals surface area contributed by atoms with Crippen LogP contribution in [0.3, 0.4) is 0 Å². The predicted molar refractivity (Wildman–Crippen MR) is 72.5 cm³/mol. The number of amides is 1. The van der Waals surface area contributed by atoms with Crippen LogP contribution in [0.5, 0.6) is 0 Å². The molecule has 0 saturated carbocycles. The summed E-state index contributed by atoms with van der Waals surface area (Å²) in [6, 6.07) is 8.97. The Morgan fingerprint density at radius 2 is 2.05 bits per heavy atom. The molecule has 6 heteroatoms. The van der Waals surface area contributed by atoms with Crippen LogP contribution < -0.4 is 5.32 Å². The highest BCUT2D eigenvalue weighted by atomic mass is 32.2. The number of benzene rings is 1. The van der Waals surface area contributed by atoms with E-state index >= 15 is 0 Å². The number of para-hydroxylation sites is 1. The van der Waals surface area contributed by atoms with E-state index in [1.807, 2.05) is 30.3 Å². The van der Waals surface area contributed by atoms with Gasteiger partial charge in [0.15, 0.2) is 9.84 Å². The fourth-order valence-electron chi connectivity index (χ4n) is 1.81. The first-order valence-electron chi connectivity index (χ1n) is 5.81. The molecule has 0 fully saturated rings. The summed E-state index contributed by atoms with van der Waals surface area (Å²) in [5.74, 6) is -0.448. The van der Waals surface area contributed by atoms with Crippen molar-refractivity contribution >= 4 is 26.7 Å². The standard InChI is InChI=1S/C13H15NO4S/c1-9(14-13(15)8-19(2,16)17)12-7-10-5-3-4-6-11(10)18-12/h3-7,9H,8H2,1-2H3,(H,14,15)/t9-/m1/s1. The summed E-state index contributed by atoms with van der Waals surface area (Å²) in [6.07, 6.45) is 1.03. The van der Waals surface area contributed by atoms with Crippen molar-refractivity contribution in [3.8, 4) is 0 Å². The summed E-state index contributed by atoms with van der Waals surface area (Å²) in [4.78, 5) is 11.5. The maximum atomic E-state index is 11.5. The van der Waals surface area contributed by atoms with Crippen molar-refractivity contribution in [1.29, 1.82) is 0 Å². The minimum atomic E-state index is -3.32. The summed E-state index contributed by atoms with van der Waals surface area (Å²) in [5, 5.41) is 3.55. The second-order valence-electron chi connectivity index (χ2n) is 4.55. The Morgan fingerprint density at radius 3 is 2.68 bits per heavy atom. The average molecular weight is 281 g/mol. The minimum absolute atomic E-state index is 0.373. The van der Waals surface area contributed by atoms with Crippen LogP contribution in [0.1, 0.15) is 18.7 Å². The van der Waals surface area contributed by atoms with Gasteiger partial charge in [-0.25, -0.2) is 8.42 Å². The van der Waals surface area contributed by atoms with Gasteiger partial charge in [-0.2, -0.15) is 0 Å². The Labute approximate surface area is 111 Å². The number of sulfone groups is 1. The summed E-state index contributed by atoms with van der Waals surface area (Å²) >= 11 is 0. The van der Waals surface area contributed by atoms with Crippen molar-refractivity contribution in [3.05, 3.63) is 36.1 Å². The van der Waals surface area contributed by atoms with Gasteiger partial charge in [-0.05, 0) is 19.1 Å². The first-order valence-corrected chi connectivity index (χ1v) is 7.87. The predicted octanol–water partition coefficient (Wildman–Crippen LogP) is 1.65. The van der Waals surface area contributed by atoms with Crippen LogP contribution in [0.2, 0.25) is 0 Å². The van der Waals surface area contributed by atoms with Crippen LogP contribution in [0, 0.1) is 0 Å². The van der Waals surface area contributed by atoms with Gasteiger partial charge in [-0.3, -0.25) is 4.79 Å². The van der Waals surface area contributed by atoms with Gasteiger partial charge in [0, 0.05) is 11.6 Å². The number of carbonyl (C=O) groups is 1. The molecule has 1 amide bonds. The summed E-state index contributed by atoms with van der Waals surface area (Å²) < 4.78 is 27.6. The van der Waals surface area contributed by atoms with E-state index in [2.05, 4.69) is 5.32 Å². The Morgan fingerprint density at radius 1 is 1.37 bits per heavy atom. The van der Waals surface area contributed by atoms with Gasteiger partial charge in [0.05, 0.1) is 6.04 Å². The second-order valence-corrected chi connectivity index (χ2v) is 6.69. The molecule has 2 rings (SSSR count). The highest BCUT2D eigenvalue weighted by molar-refractivity contribution is 7.91. The number of carbonyl (C=O) groups excluding carboxylic acids is 1. The smallest absolute Gasteiger partial charge is 0.235 e. The van der Waals surface area contributed by atoms with E-state index in [9.17, 15) is 13.2 Å². The first-order chi connectivity index (χ1) is 8.85. The minimum Gasteiger partial charge on any atom is -0.459 e. The quantitative estimate of drug-likeness (QED) is 0.924. The van der Waals surface area contributed by atoms with E-state index in [0.717, 1.165) is 17.2 Å². The normalized spacial score (nSPS) is 13.4. The molecule has 1 heterocycles. The maximum absolute atomic E-state index is 11.5. The molecular formula is C13H15NO4S. The molecule has 0 radical (unpaired) electrons. The molecule has 0 aliphatic carbocycles. The number of rotatable bonds is 4. The van der Waals surface area contributed by atoms with Crippen molar-refractivity contribution in [2.75, 3.05) is 12.0 Å². The molecule has 0 saturated heterocycles. The zero-order chi connectivity index (χ0) is 14.0. The lowest BCUT2D eigenvalue weighted by Gasteiger charge is -2.10. The van der Waals surface area contributed by atoms with Crippen molar-refractivity contribution < 1.29 is 17.6 Å². The molecule has 1 aromatic carbocycles.